The van der Waals surface area contributed by atoms with Gasteiger partial charge in [-0.15, -0.1) is 0 Å². The quantitative estimate of drug-likeness (QED) is 0.760. The van der Waals surface area contributed by atoms with Crippen LogP contribution in [0.5, 0.6) is 0 Å². The molecule has 1 aromatic carbocycles. The minimum absolute atomic E-state index is 0.409. The summed E-state index contributed by atoms with van der Waals surface area (Å²) >= 11 is 0. The van der Waals surface area contributed by atoms with Gasteiger partial charge in [-0.3, -0.25) is 0 Å². The van der Waals surface area contributed by atoms with Gasteiger partial charge in [0.2, 0.25) is 11.9 Å². The maximum absolute atomic E-state index is 4.48. The van der Waals surface area contributed by atoms with E-state index in [1.54, 1.807) is 0 Å². The third-order valence-electron chi connectivity index (χ3n) is 3.51. The van der Waals surface area contributed by atoms with E-state index >= 15 is 0 Å². The fraction of sp³-hybridized carbons (Fsp3) is 0.471. The summed E-state index contributed by atoms with van der Waals surface area (Å²) in [5.41, 5.74) is 0.970. The van der Waals surface area contributed by atoms with Crippen molar-refractivity contribution < 1.29 is 0 Å². The van der Waals surface area contributed by atoms with Crippen LogP contribution in [0.2, 0.25) is 0 Å². The zero-order chi connectivity index (χ0) is 15.8. The highest BCUT2D eigenvalue weighted by atomic mass is 15.2. The molecule has 0 amide bonds. The monoisotopic (exact) mass is 299 g/mol. The van der Waals surface area contributed by atoms with Crippen molar-refractivity contribution in [3.8, 4) is 0 Å². The first-order valence-corrected chi connectivity index (χ1v) is 8.02. The van der Waals surface area contributed by atoms with Crippen LogP contribution in [0.25, 0.3) is 0 Å². The first-order chi connectivity index (χ1) is 10.7. The van der Waals surface area contributed by atoms with Crippen molar-refractivity contribution in [2.24, 2.45) is 0 Å². The molecule has 0 spiro atoms. The van der Waals surface area contributed by atoms with Gasteiger partial charge in [-0.1, -0.05) is 44.9 Å². The Labute approximate surface area is 132 Å². The summed E-state index contributed by atoms with van der Waals surface area (Å²) in [5.74, 6) is 1.93. The summed E-state index contributed by atoms with van der Waals surface area (Å²) in [6, 6.07) is 10.3. The number of rotatable bonds is 8. The van der Waals surface area contributed by atoms with Crippen LogP contribution in [0.4, 0.5) is 17.6 Å². The lowest BCUT2D eigenvalue weighted by Gasteiger charge is -2.17. The molecule has 1 atom stereocenters. The number of unbranched alkanes of at least 4 members (excludes halogenated alkanes) is 1. The van der Waals surface area contributed by atoms with Crippen LogP contribution in [-0.2, 0) is 0 Å². The predicted octanol–water partition coefficient (Wildman–Crippen LogP) is 4.30. The molecule has 118 valence electrons. The van der Waals surface area contributed by atoms with E-state index < -0.39 is 0 Å². The topological polar surface area (TPSA) is 62.7 Å². The van der Waals surface area contributed by atoms with E-state index in [9.17, 15) is 0 Å². The molecule has 1 heterocycles. The third-order valence-corrected chi connectivity index (χ3v) is 3.51. The molecule has 0 aliphatic carbocycles. The number of para-hydroxylation sites is 1. The second kappa shape index (κ2) is 8.32. The molecule has 0 saturated carbocycles. The number of aryl methyl sites for hydroxylation is 1. The Hall–Kier alpha value is -2.17. The Morgan fingerprint density at radius 1 is 1.00 bits per heavy atom. The van der Waals surface area contributed by atoms with Crippen LogP contribution in [0, 0.1) is 6.92 Å². The number of anilines is 3. The van der Waals surface area contributed by atoms with Crippen LogP contribution in [-0.4, -0.2) is 21.0 Å². The van der Waals surface area contributed by atoms with Gasteiger partial charge in [0, 0.05) is 11.7 Å². The second-order valence-corrected chi connectivity index (χ2v) is 5.41. The third kappa shape index (κ3) is 4.98. The van der Waals surface area contributed by atoms with E-state index in [4.69, 9.17) is 0 Å². The zero-order valence-electron chi connectivity index (χ0n) is 13.6. The average Bonchev–Trinajstić information content (AvgIpc) is 2.52. The molecule has 1 aromatic heterocycles. The first kappa shape index (κ1) is 16.2. The summed E-state index contributed by atoms with van der Waals surface area (Å²) < 4.78 is 0. The number of hydrogen-bond acceptors (Lipinski definition) is 5. The largest absolute Gasteiger partial charge is 0.351 e. The Balaban J connectivity index is 2.09. The molecule has 2 rings (SSSR count). The Morgan fingerprint density at radius 2 is 1.73 bits per heavy atom. The van der Waals surface area contributed by atoms with E-state index in [2.05, 4.69) is 39.4 Å². The molecule has 0 bridgehead atoms. The maximum atomic E-state index is 4.48. The molecule has 5 nitrogen and oxygen atoms in total. The van der Waals surface area contributed by atoms with Gasteiger partial charge in [0.15, 0.2) is 0 Å². The van der Waals surface area contributed by atoms with Gasteiger partial charge in [-0.2, -0.15) is 15.0 Å². The van der Waals surface area contributed by atoms with Gasteiger partial charge in [-0.25, -0.2) is 0 Å². The van der Waals surface area contributed by atoms with E-state index in [0.29, 0.717) is 23.8 Å². The standard InChI is InChI=1S/C17H25N5/c1-4-6-10-14(5-2)20-16-18-13(3)19-17(22-16)21-15-11-8-7-9-12-15/h7-9,11-12,14H,4-6,10H2,1-3H3,(H2,18,19,20,21,22)/t14-/m1/s1. The molecule has 0 aliphatic rings. The summed E-state index contributed by atoms with van der Waals surface area (Å²) in [6.45, 7) is 6.28. The number of aromatic nitrogens is 3. The molecule has 22 heavy (non-hydrogen) atoms. The molecular formula is C17H25N5. The normalized spacial score (nSPS) is 12.0. The smallest absolute Gasteiger partial charge is 0.232 e. The lowest BCUT2D eigenvalue weighted by Crippen LogP contribution is -2.20. The summed E-state index contributed by atoms with van der Waals surface area (Å²) in [7, 11) is 0. The molecular weight excluding hydrogens is 274 g/mol. The highest BCUT2D eigenvalue weighted by Crippen LogP contribution is 2.15. The van der Waals surface area contributed by atoms with Gasteiger partial charge < -0.3 is 10.6 Å². The van der Waals surface area contributed by atoms with Crippen molar-refractivity contribution >= 4 is 17.6 Å². The molecule has 5 heteroatoms. The zero-order valence-corrected chi connectivity index (χ0v) is 13.6. The second-order valence-electron chi connectivity index (χ2n) is 5.41. The van der Waals surface area contributed by atoms with Crippen molar-refractivity contribution in [2.45, 2.75) is 52.5 Å². The molecule has 0 fully saturated rings. The van der Waals surface area contributed by atoms with Crippen molar-refractivity contribution in [1.29, 1.82) is 0 Å². The number of hydrogen-bond donors (Lipinski definition) is 2. The van der Waals surface area contributed by atoms with Crippen molar-refractivity contribution in [2.75, 3.05) is 10.6 Å². The van der Waals surface area contributed by atoms with E-state index in [-0.39, 0.29) is 0 Å². The number of nitrogens with one attached hydrogen (secondary N) is 2. The van der Waals surface area contributed by atoms with Gasteiger partial charge >= 0.3 is 0 Å². The van der Waals surface area contributed by atoms with Crippen LogP contribution >= 0.6 is 0 Å². The van der Waals surface area contributed by atoms with Gasteiger partial charge in [0.05, 0.1) is 0 Å². The Bertz CT molecular complexity index is 571. The van der Waals surface area contributed by atoms with Gasteiger partial charge in [0.1, 0.15) is 5.82 Å². The van der Waals surface area contributed by atoms with Crippen molar-refractivity contribution in [3.05, 3.63) is 36.2 Å². The molecule has 0 unspecified atom stereocenters. The molecule has 0 radical (unpaired) electrons. The van der Waals surface area contributed by atoms with Crippen LogP contribution in [0.1, 0.15) is 45.4 Å². The van der Waals surface area contributed by atoms with Crippen LogP contribution in [0.3, 0.4) is 0 Å². The number of benzene rings is 1. The molecule has 0 aliphatic heterocycles. The van der Waals surface area contributed by atoms with Crippen LogP contribution in [0.15, 0.2) is 30.3 Å². The van der Waals surface area contributed by atoms with E-state index in [0.717, 1.165) is 18.5 Å². The SMILES string of the molecule is CCCC[C@@H](CC)Nc1nc(C)nc(Nc2ccccc2)n1. The number of nitrogens with zero attached hydrogens (tertiary/aromatic N) is 3. The lowest BCUT2D eigenvalue weighted by atomic mass is 10.1. The highest BCUT2D eigenvalue weighted by molar-refractivity contribution is 5.53. The van der Waals surface area contributed by atoms with Crippen LogP contribution < -0.4 is 10.6 Å². The van der Waals surface area contributed by atoms with E-state index in [1.807, 2.05) is 37.3 Å². The minimum Gasteiger partial charge on any atom is -0.351 e. The summed E-state index contributed by atoms with van der Waals surface area (Å²) in [6.07, 6.45) is 4.62. The Kier molecular flexibility index (Phi) is 6.13. The Morgan fingerprint density at radius 3 is 2.41 bits per heavy atom. The molecule has 0 saturated heterocycles. The molecule has 2 aromatic rings. The summed E-state index contributed by atoms with van der Waals surface area (Å²) in [5, 5.41) is 6.65. The minimum atomic E-state index is 0.409. The average molecular weight is 299 g/mol. The fourth-order valence-electron chi connectivity index (χ4n) is 2.26. The van der Waals surface area contributed by atoms with Gasteiger partial charge in [0.25, 0.3) is 0 Å². The van der Waals surface area contributed by atoms with E-state index in [1.165, 1.54) is 12.8 Å². The predicted molar refractivity (Wildman–Crippen MR) is 91.5 cm³/mol. The molecule has 2 N–H and O–H groups in total. The first-order valence-electron chi connectivity index (χ1n) is 8.02. The lowest BCUT2D eigenvalue weighted by molar-refractivity contribution is 0.589. The maximum Gasteiger partial charge on any atom is 0.232 e. The van der Waals surface area contributed by atoms with Crippen molar-refractivity contribution in [3.63, 3.8) is 0 Å². The fourth-order valence-corrected chi connectivity index (χ4v) is 2.26. The van der Waals surface area contributed by atoms with Gasteiger partial charge in [-0.05, 0) is 31.9 Å². The van der Waals surface area contributed by atoms with Crippen molar-refractivity contribution in [1.82, 2.24) is 15.0 Å². The highest BCUT2D eigenvalue weighted by Gasteiger charge is 2.09. The summed E-state index contributed by atoms with van der Waals surface area (Å²) in [4.78, 5) is 13.2.